The fourth-order valence-corrected chi connectivity index (χ4v) is 2.65. The fraction of sp³-hybridized carbons (Fsp3) is 1.00. The summed E-state index contributed by atoms with van der Waals surface area (Å²) < 4.78 is 27.7. The second-order valence-electron chi connectivity index (χ2n) is 4.64. The van der Waals surface area contributed by atoms with Crippen LogP contribution in [-0.2, 0) is 23.7 Å². The number of hydrogen-bond donors (Lipinski definition) is 1. The van der Waals surface area contributed by atoms with E-state index in [0.717, 1.165) is 0 Å². The molecule has 0 saturated carbocycles. The lowest BCUT2D eigenvalue weighted by molar-refractivity contribution is -0.250. The van der Waals surface area contributed by atoms with Gasteiger partial charge in [0.25, 0.3) is 0 Å². The molecule has 19 heavy (non-hydrogen) atoms. The number of methoxy groups -OCH3 is 4. The number of aliphatic hydroxyl groups is 1. The van der Waals surface area contributed by atoms with Gasteiger partial charge in [0.15, 0.2) is 0 Å². The molecule has 1 N–H and O–H groups in total. The molecule has 0 aliphatic carbocycles. The van der Waals surface area contributed by atoms with Gasteiger partial charge in [0.2, 0.25) is 0 Å². The summed E-state index contributed by atoms with van der Waals surface area (Å²) in [6.07, 6.45) is 0.385. The molecule has 0 radical (unpaired) electrons. The van der Waals surface area contributed by atoms with Gasteiger partial charge in [-0.2, -0.15) is 0 Å². The summed E-state index contributed by atoms with van der Waals surface area (Å²) in [5, 5.41) is 8.97. The normalized spacial score (nSPS) is 35.5. The van der Waals surface area contributed by atoms with Crippen molar-refractivity contribution in [2.24, 2.45) is 0 Å². The van der Waals surface area contributed by atoms with E-state index in [1.165, 1.54) is 0 Å². The van der Waals surface area contributed by atoms with E-state index in [0.29, 0.717) is 19.4 Å². The second-order valence-corrected chi connectivity index (χ2v) is 4.64. The monoisotopic (exact) mass is 278 g/mol. The third-order valence-electron chi connectivity index (χ3n) is 3.52. The number of rotatable bonds is 8. The standard InChI is InChI=1S/C13H26O6/c1-15-8-10-12(17-3)13(18-4)11(16-2)9(19-10)6-5-7-14/h9-14H,5-8H2,1-4H3/t9-,10+,11+,12+,13+/m0/s1. The topological polar surface area (TPSA) is 66.4 Å². The van der Waals surface area contributed by atoms with Crippen LogP contribution in [0.4, 0.5) is 0 Å². The molecule has 0 aromatic carbocycles. The molecular weight excluding hydrogens is 252 g/mol. The first-order valence-corrected chi connectivity index (χ1v) is 6.57. The SMILES string of the molecule is COC[C@H]1O[C@@H](CCCO)[C@@H](OC)[C@@H](OC)[C@@H]1OC. The summed E-state index contributed by atoms with van der Waals surface area (Å²) in [7, 11) is 6.53. The Hall–Kier alpha value is -0.240. The highest BCUT2D eigenvalue weighted by atomic mass is 16.6. The quantitative estimate of drug-likeness (QED) is 0.685. The van der Waals surface area contributed by atoms with E-state index >= 15 is 0 Å². The molecule has 0 bridgehead atoms. The predicted octanol–water partition coefficient (Wildman–Crippen LogP) is 0.218. The summed E-state index contributed by atoms with van der Waals surface area (Å²) in [4.78, 5) is 0. The lowest BCUT2D eigenvalue weighted by atomic mass is 9.92. The van der Waals surface area contributed by atoms with Crippen LogP contribution in [0.15, 0.2) is 0 Å². The molecule has 0 aromatic rings. The molecule has 0 aromatic heterocycles. The van der Waals surface area contributed by atoms with Gasteiger partial charge in [0.1, 0.15) is 24.4 Å². The molecule has 0 unspecified atom stereocenters. The van der Waals surface area contributed by atoms with E-state index in [4.69, 9.17) is 28.8 Å². The van der Waals surface area contributed by atoms with Crippen molar-refractivity contribution in [2.75, 3.05) is 41.7 Å². The molecule has 6 heteroatoms. The number of ether oxygens (including phenoxy) is 5. The number of aliphatic hydroxyl groups excluding tert-OH is 1. The lowest BCUT2D eigenvalue weighted by Gasteiger charge is -2.45. The van der Waals surface area contributed by atoms with Crippen molar-refractivity contribution in [1.29, 1.82) is 0 Å². The van der Waals surface area contributed by atoms with Crippen LogP contribution < -0.4 is 0 Å². The van der Waals surface area contributed by atoms with Crippen molar-refractivity contribution in [3.05, 3.63) is 0 Å². The van der Waals surface area contributed by atoms with E-state index in [1.54, 1.807) is 28.4 Å². The van der Waals surface area contributed by atoms with Gasteiger partial charge in [-0.1, -0.05) is 0 Å². The first kappa shape index (κ1) is 16.8. The first-order chi connectivity index (χ1) is 9.23. The van der Waals surface area contributed by atoms with Crippen LogP contribution in [0.3, 0.4) is 0 Å². The zero-order valence-electron chi connectivity index (χ0n) is 12.2. The predicted molar refractivity (Wildman–Crippen MR) is 69.2 cm³/mol. The molecule has 6 nitrogen and oxygen atoms in total. The summed E-state index contributed by atoms with van der Waals surface area (Å²) in [6, 6.07) is 0. The maximum atomic E-state index is 8.97. The van der Waals surface area contributed by atoms with E-state index in [2.05, 4.69) is 0 Å². The van der Waals surface area contributed by atoms with Crippen LogP contribution in [0.2, 0.25) is 0 Å². The van der Waals surface area contributed by atoms with Crippen molar-refractivity contribution < 1.29 is 28.8 Å². The van der Waals surface area contributed by atoms with E-state index in [1.807, 2.05) is 0 Å². The van der Waals surface area contributed by atoms with Gasteiger partial charge in [-0.05, 0) is 12.8 Å². The second kappa shape index (κ2) is 8.84. The average Bonchev–Trinajstić information content (AvgIpc) is 2.44. The largest absolute Gasteiger partial charge is 0.396 e. The van der Waals surface area contributed by atoms with Crippen molar-refractivity contribution >= 4 is 0 Å². The van der Waals surface area contributed by atoms with Crippen LogP contribution >= 0.6 is 0 Å². The molecule has 114 valence electrons. The molecule has 1 fully saturated rings. The van der Waals surface area contributed by atoms with Gasteiger partial charge in [-0.3, -0.25) is 0 Å². The Morgan fingerprint density at radius 3 is 1.95 bits per heavy atom. The Morgan fingerprint density at radius 1 is 0.895 bits per heavy atom. The van der Waals surface area contributed by atoms with Crippen LogP contribution in [0, 0.1) is 0 Å². The van der Waals surface area contributed by atoms with Crippen molar-refractivity contribution in [3.8, 4) is 0 Å². The minimum Gasteiger partial charge on any atom is -0.396 e. The third kappa shape index (κ3) is 4.11. The zero-order valence-corrected chi connectivity index (χ0v) is 12.2. The van der Waals surface area contributed by atoms with Gasteiger partial charge < -0.3 is 28.8 Å². The highest BCUT2D eigenvalue weighted by molar-refractivity contribution is 4.94. The summed E-state index contributed by atoms with van der Waals surface area (Å²) >= 11 is 0. The molecule has 0 spiro atoms. The minimum absolute atomic E-state index is 0.131. The Bertz CT molecular complexity index is 237. The van der Waals surface area contributed by atoms with Gasteiger partial charge in [0.05, 0.1) is 12.7 Å². The number of hydrogen-bond acceptors (Lipinski definition) is 6. The molecule has 1 heterocycles. The van der Waals surface area contributed by atoms with Gasteiger partial charge in [-0.15, -0.1) is 0 Å². The van der Waals surface area contributed by atoms with Gasteiger partial charge in [0, 0.05) is 35.0 Å². The smallest absolute Gasteiger partial charge is 0.115 e. The Kier molecular flexibility index (Phi) is 7.82. The van der Waals surface area contributed by atoms with Crippen molar-refractivity contribution in [1.82, 2.24) is 0 Å². The van der Waals surface area contributed by atoms with Crippen LogP contribution in [0.1, 0.15) is 12.8 Å². The summed E-state index contributed by atoms with van der Waals surface area (Å²) in [5.74, 6) is 0. The summed E-state index contributed by atoms with van der Waals surface area (Å²) in [6.45, 7) is 0.570. The molecule has 1 saturated heterocycles. The molecule has 1 aliphatic heterocycles. The average molecular weight is 278 g/mol. The van der Waals surface area contributed by atoms with E-state index in [9.17, 15) is 0 Å². The Labute approximate surface area is 114 Å². The van der Waals surface area contributed by atoms with Crippen LogP contribution in [0.25, 0.3) is 0 Å². The van der Waals surface area contributed by atoms with Crippen LogP contribution in [-0.4, -0.2) is 77.3 Å². The van der Waals surface area contributed by atoms with Crippen molar-refractivity contribution in [3.63, 3.8) is 0 Å². The maximum absolute atomic E-state index is 8.97. The zero-order chi connectivity index (χ0) is 14.3. The van der Waals surface area contributed by atoms with E-state index in [-0.39, 0.29) is 37.1 Å². The van der Waals surface area contributed by atoms with Gasteiger partial charge >= 0.3 is 0 Å². The Morgan fingerprint density at radius 2 is 1.47 bits per heavy atom. The van der Waals surface area contributed by atoms with Crippen molar-refractivity contribution in [2.45, 2.75) is 43.4 Å². The van der Waals surface area contributed by atoms with Gasteiger partial charge in [-0.25, -0.2) is 0 Å². The first-order valence-electron chi connectivity index (χ1n) is 6.57. The molecule has 0 amide bonds. The third-order valence-corrected chi connectivity index (χ3v) is 3.52. The molecule has 5 atom stereocenters. The molecule has 1 rings (SSSR count). The molecule has 1 aliphatic rings. The highest BCUT2D eigenvalue weighted by Crippen LogP contribution is 2.29. The van der Waals surface area contributed by atoms with E-state index < -0.39 is 0 Å². The molecular formula is C13H26O6. The van der Waals surface area contributed by atoms with Crippen LogP contribution in [0.5, 0.6) is 0 Å². The summed E-state index contributed by atoms with van der Waals surface area (Å²) in [5.41, 5.74) is 0. The maximum Gasteiger partial charge on any atom is 0.115 e. The highest BCUT2D eigenvalue weighted by Gasteiger charge is 2.46. The Balaban J connectivity index is 2.82. The fourth-order valence-electron chi connectivity index (χ4n) is 2.65. The minimum atomic E-state index is -0.236. The lowest BCUT2D eigenvalue weighted by Crippen LogP contribution is -2.60.